The lowest BCUT2D eigenvalue weighted by atomic mass is 9.83. The van der Waals surface area contributed by atoms with Gasteiger partial charge in [-0.2, -0.15) is 0 Å². The predicted molar refractivity (Wildman–Crippen MR) is 81.5 cm³/mol. The highest BCUT2D eigenvalue weighted by Gasteiger charge is 2.18. The Morgan fingerprint density at radius 2 is 2.00 bits per heavy atom. The van der Waals surface area contributed by atoms with Gasteiger partial charge in [0, 0.05) is 25.9 Å². The Labute approximate surface area is 121 Å². The molecular weight excluding hydrogens is 250 g/mol. The van der Waals surface area contributed by atoms with Crippen molar-refractivity contribution in [2.45, 2.75) is 39.0 Å². The third-order valence-electron chi connectivity index (χ3n) is 4.04. The molecule has 4 heteroatoms. The van der Waals surface area contributed by atoms with Gasteiger partial charge in [-0.05, 0) is 42.4 Å². The first-order valence-electron chi connectivity index (χ1n) is 7.50. The van der Waals surface area contributed by atoms with Gasteiger partial charge in [0.2, 0.25) is 0 Å². The smallest absolute Gasteiger partial charge is 0.124 e. The largest absolute Gasteiger partial charge is 0.275 e. The number of rotatable bonds is 5. The second-order valence-corrected chi connectivity index (χ2v) is 5.74. The highest BCUT2D eigenvalue weighted by molar-refractivity contribution is 5.83. The first-order chi connectivity index (χ1) is 9.78. The lowest BCUT2D eigenvalue weighted by Crippen LogP contribution is -2.29. The van der Waals surface area contributed by atoms with Crippen LogP contribution in [0, 0.1) is 11.8 Å². The summed E-state index contributed by atoms with van der Waals surface area (Å²) in [4.78, 5) is 13.9. The molecule has 2 rings (SSSR count). The van der Waals surface area contributed by atoms with Crippen LogP contribution in [-0.4, -0.2) is 24.5 Å². The standard InChI is InChI=1S/C16H25N3O/c1-13-3-5-15(6-4-13)12-20-19-16(17-2)11-14-7-9-18-10-8-14/h7-10,13,15H,3-6,11-12H2,1-2H3,(H,17,19). The Morgan fingerprint density at radius 3 is 2.65 bits per heavy atom. The van der Waals surface area contributed by atoms with Gasteiger partial charge in [-0.15, -0.1) is 0 Å². The molecule has 0 spiro atoms. The molecule has 1 aliphatic rings. The number of nitrogens with one attached hydrogen (secondary N) is 1. The Hall–Kier alpha value is -1.42. The van der Waals surface area contributed by atoms with Gasteiger partial charge in [-0.25, -0.2) is 0 Å². The van der Waals surface area contributed by atoms with Crippen molar-refractivity contribution in [3.8, 4) is 0 Å². The monoisotopic (exact) mass is 275 g/mol. The normalized spacial score (nSPS) is 23.6. The Balaban J connectivity index is 1.69. The van der Waals surface area contributed by atoms with E-state index in [0.29, 0.717) is 5.92 Å². The highest BCUT2D eigenvalue weighted by atomic mass is 16.6. The molecule has 1 N–H and O–H groups in total. The molecule has 1 aromatic heterocycles. The molecule has 1 fully saturated rings. The van der Waals surface area contributed by atoms with Crippen LogP contribution < -0.4 is 5.48 Å². The fourth-order valence-corrected chi connectivity index (χ4v) is 2.59. The molecule has 0 atom stereocenters. The van der Waals surface area contributed by atoms with E-state index in [4.69, 9.17) is 4.84 Å². The van der Waals surface area contributed by atoms with Gasteiger partial charge in [-0.1, -0.05) is 19.8 Å². The van der Waals surface area contributed by atoms with Crippen LogP contribution in [-0.2, 0) is 11.3 Å². The number of aromatic nitrogens is 1. The predicted octanol–water partition coefficient (Wildman–Crippen LogP) is 3.00. The van der Waals surface area contributed by atoms with Gasteiger partial charge >= 0.3 is 0 Å². The molecule has 110 valence electrons. The fourth-order valence-electron chi connectivity index (χ4n) is 2.59. The van der Waals surface area contributed by atoms with Crippen LogP contribution in [0.1, 0.15) is 38.2 Å². The molecule has 0 radical (unpaired) electrons. The average Bonchev–Trinajstić information content (AvgIpc) is 2.49. The zero-order valence-corrected chi connectivity index (χ0v) is 12.5. The first-order valence-corrected chi connectivity index (χ1v) is 7.50. The maximum atomic E-state index is 5.64. The van der Waals surface area contributed by atoms with Crippen molar-refractivity contribution in [3.63, 3.8) is 0 Å². The van der Waals surface area contributed by atoms with Gasteiger partial charge in [0.25, 0.3) is 0 Å². The maximum Gasteiger partial charge on any atom is 0.124 e. The van der Waals surface area contributed by atoms with E-state index in [-0.39, 0.29) is 0 Å². The zero-order chi connectivity index (χ0) is 14.2. The third-order valence-corrected chi connectivity index (χ3v) is 4.04. The number of pyridine rings is 1. The third kappa shape index (κ3) is 4.93. The van der Waals surface area contributed by atoms with Crippen molar-refractivity contribution in [1.82, 2.24) is 10.5 Å². The number of amidine groups is 1. The van der Waals surface area contributed by atoms with Crippen LogP contribution in [0.5, 0.6) is 0 Å². The minimum absolute atomic E-state index is 0.692. The van der Waals surface area contributed by atoms with Crippen LogP contribution in [0.3, 0.4) is 0 Å². The summed E-state index contributed by atoms with van der Waals surface area (Å²) < 4.78 is 0. The minimum Gasteiger partial charge on any atom is -0.275 e. The molecule has 0 saturated heterocycles. The summed E-state index contributed by atoms with van der Waals surface area (Å²) in [6.07, 6.45) is 9.58. The first kappa shape index (κ1) is 15.0. The summed E-state index contributed by atoms with van der Waals surface area (Å²) in [5.74, 6) is 2.44. The summed E-state index contributed by atoms with van der Waals surface area (Å²) in [5, 5.41) is 0. The molecule has 0 unspecified atom stereocenters. The van der Waals surface area contributed by atoms with Crippen molar-refractivity contribution in [1.29, 1.82) is 0 Å². The molecule has 0 amide bonds. The Kier molecular flexibility index (Phi) is 5.99. The van der Waals surface area contributed by atoms with E-state index in [2.05, 4.69) is 22.4 Å². The molecule has 0 bridgehead atoms. The molecule has 1 heterocycles. The molecule has 0 aliphatic heterocycles. The number of nitrogens with zero attached hydrogens (tertiary/aromatic N) is 2. The maximum absolute atomic E-state index is 5.64. The van der Waals surface area contributed by atoms with Crippen molar-refractivity contribution < 1.29 is 4.84 Å². The summed E-state index contributed by atoms with van der Waals surface area (Å²) in [7, 11) is 1.79. The van der Waals surface area contributed by atoms with E-state index in [1.165, 1.54) is 31.2 Å². The van der Waals surface area contributed by atoms with E-state index < -0.39 is 0 Å². The van der Waals surface area contributed by atoms with Crippen LogP contribution in [0.2, 0.25) is 0 Å². The van der Waals surface area contributed by atoms with Crippen molar-refractivity contribution in [2.75, 3.05) is 13.7 Å². The van der Waals surface area contributed by atoms with Crippen molar-refractivity contribution in [3.05, 3.63) is 30.1 Å². The fraction of sp³-hybridized carbons (Fsp3) is 0.625. The van der Waals surface area contributed by atoms with E-state index in [9.17, 15) is 0 Å². The number of hydroxylamine groups is 1. The summed E-state index contributed by atoms with van der Waals surface area (Å²) in [6.45, 7) is 3.12. The topological polar surface area (TPSA) is 46.5 Å². The Bertz CT molecular complexity index is 411. The molecular formula is C16H25N3O. The molecule has 1 aliphatic carbocycles. The van der Waals surface area contributed by atoms with Gasteiger partial charge < -0.3 is 0 Å². The van der Waals surface area contributed by atoms with Crippen LogP contribution in [0.25, 0.3) is 0 Å². The summed E-state index contributed by atoms with van der Waals surface area (Å²) in [6, 6.07) is 3.99. The van der Waals surface area contributed by atoms with E-state index in [0.717, 1.165) is 24.8 Å². The van der Waals surface area contributed by atoms with E-state index >= 15 is 0 Å². The molecule has 4 nitrogen and oxygen atoms in total. The van der Waals surface area contributed by atoms with Crippen LogP contribution >= 0.6 is 0 Å². The second kappa shape index (κ2) is 8.00. The second-order valence-electron chi connectivity index (χ2n) is 5.74. The molecule has 1 aromatic rings. The molecule has 0 aromatic carbocycles. The summed E-state index contributed by atoms with van der Waals surface area (Å²) >= 11 is 0. The van der Waals surface area contributed by atoms with Crippen LogP contribution in [0.4, 0.5) is 0 Å². The lowest BCUT2D eigenvalue weighted by molar-refractivity contribution is 0.0398. The van der Waals surface area contributed by atoms with Gasteiger partial charge in [0.1, 0.15) is 5.84 Å². The number of hydrogen-bond donors (Lipinski definition) is 1. The lowest BCUT2D eigenvalue weighted by Gasteiger charge is -2.25. The van der Waals surface area contributed by atoms with E-state index in [1.807, 2.05) is 12.1 Å². The van der Waals surface area contributed by atoms with Crippen molar-refractivity contribution in [2.24, 2.45) is 16.8 Å². The number of aliphatic imine (C=N–C) groups is 1. The molecule has 20 heavy (non-hydrogen) atoms. The minimum atomic E-state index is 0.692. The summed E-state index contributed by atoms with van der Waals surface area (Å²) in [5.41, 5.74) is 4.19. The van der Waals surface area contributed by atoms with Gasteiger partial charge in [-0.3, -0.25) is 20.3 Å². The van der Waals surface area contributed by atoms with Crippen molar-refractivity contribution >= 4 is 5.84 Å². The molecule has 1 saturated carbocycles. The SMILES string of the molecule is CN=C(Cc1ccncc1)NOCC1CCC(C)CC1. The Morgan fingerprint density at radius 1 is 1.30 bits per heavy atom. The van der Waals surface area contributed by atoms with Gasteiger partial charge in [0.15, 0.2) is 0 Å². The number of hydrogen-bond acceptors (Lipinski definition) is 3. The zero-order valence-electron chi connectivity index (χ0n) is 12.5. The van der Waals surface area contributed by atoms with Crippen LogP contribution in [0.15, 0.2) is 29.5 Å². The van der Waals surface area contributed by atoms with E-state index in [1.54, 1.807) is 19.4 Å². The highest BCUT2D eigenvalue weighted by Crippen LogP contribution is 2.28. The van der Waals surface area contributed by atoms with Gasteiger partial charge in [0.05, 0.1) is 6.61 Å². The quantitative estimate of drug-likeness (QED) is 0.510. The average molecular weight is 275 g/mol.